The van der Waals surface area contributed by atoms with E-state index >= 15 is 0 Å². The summed E-state index contributed by atoms with van der Waals surface area (Å²) in [7, 11) is 4.56. The van der Waals surface area contributed by atoms with E-state index in [0.717, 1.165) is 0 Å². The maximum absolute atomic E-state index is 11.5. The second kappa shape index (κ2) is 6.58. The molecule has 0 fully saturated rings. The zero-order valence-corrected chi connectivity index (χ0v) is 11.5. The Morgan fingerprint density at radius 3 is 2.47 bits per heavy atom. The number of ether oxygens (including phenoxy) is 2. The third-order valence-corrected chi connectivity index (χ3v) is 2.59. The zero-order chi connectivity index (χ0) is 14.4. The molecule has 0 heterocycles. The van der Waals surface area contributed by atoms with Crippen LogP contribution in [0.3, 0.4) is 0 Å². The summed E-state index contributed by atoms with van der Waals surface area (Å²) in [5.41, 5.74) is 1.19. The lowest BCUT2D eigenvalue weighted by Crippen LogP contribution is -2.12. The van der Waals surface area contributed by atoms with Gasteiger partial charge in [-0.2, -0.15) is 0 Å². The van der Waals surface area contributed by atoms with Gasteiger partial charge in [0.2, 0.25) is 0 Å². The number of para-hydroxylation sites is 1. The minimum Gasteiger partial charge on any atom is -0.494 e. The van der Waals surface area contributed by atoms with Crippen LogP contribution in [0.1, 0.15) is 17.3 Å². The maximum Gasteiger partial charge on any atom is 0.331 e. The molecule has 0 aromatic heterocycles. The minimum absolute atomic E-state index is 0.0796. The second-order valence-electron chi connectivity index (χ2n) is 3.86. The first kappa shape index (κ1) is 14.8. The average Bonchev–Trinajstić information content (AvgIpc) is 2.43. The fourth-order valence-electron chi connectivity index (χ4n) is 1.62. The Labute approximate surface area is 112 Å². The Morgan fingerprint density at radius 2 is 1.95 bits per heavy atom. The number of esters is 1. The van der Waals surface area contributed by atoms with Gasteiger partial charge in [0.15, 0.2) is 11.5 Å². The maximum atomic E-state index is 11.5. The number of benzene rings is 1. The highest BCUT2D eigenvalue weighted by Gasteiger charge is 2.14. The van der Waals surface area contributed by atoms with E-state index in [1.807, 2.05) is 0 Å². The van der Waals surface area contributed by atoms with Gasteiger partial charge < -0.3 is 14.4 Å². The summed E-state index contributed by atoms with van der Waals surface area (Å²) in [6.07, 6.45) is 2.84. The second-order valence-corrected chi connectivity index (χ2v) is 3.86. The third-order valence-electron chi connectivity index (χ3n) is 2.59. The number of hydrogen-bond acceptors (Lipinski definition) is 5. The van der Waals surface area contributed by atoms with Crippen LogP contribution in [0.4, 0.5) is 5.69 Å². The number of hydrogen-bond donors (Lipinski definition) is 0. The van der Waals surface area contributed by atoms with Crippen molar-refractivity contribution in [2.45, 2.75) is 6.92 Å². The van der Waals surface area contributed by atoms with Gasteiger partial charge in [-0.15, -0.1) is 0 Å². The number of rotatable bonds is 5. The molecule has 0 bridgehead atoms. The third kappa shape index (κ3) is 3.58. The van der Waals surface area contributed by atoms with E-state index in [0.29, 0.717) is 17.0 Å². The standard InChI is InChI=1S/C14H17NO4/c1-10(16)11-6-5-7-12(14(11)19-4)15(2)9-8-13(17)18-3/h5-9H,1-4H3/b9-8+. The normalized spacial score (nSPS) is 10.3. The van der Waals surface area contributed by atoms with Crippen molar-refractivity contribution >= 4 is 17.4 Å². The summed E-state index contributed by atoms with van der Waals surface area (Å²) >= 11 is 0. The number of anilines is 1. The Kier molecular flexibility index (Phi) is 5.11. The van der Waals surface area contributed by atoms with Gasteiger partial charge in [0.05, 0.1) is 25.5 Å². The summed E-state index contributed by atoms with van der Waals surface area (Å²) in [5.74, 6) is -0.0513. The van der Waals surface area contributed by atoms with Gasteiger partial charge >= 0.3 is 5.97 Å². The summed E-state index contributed by atoms with van der Waals surface area (Å²) in [5, 5.41) is 0. The fraction of sp³-hybridized carbons (Fsp3) is 0.286. The number of methoxy groups -OCH3 is 2. The smallest absolute Gasteiger partial charge is 0.331 e. The molecule has 0 N–H and O–H groups in total. The van der Waals surface area contributed by atoms with Crippen molar-refractivity contribution < 1.29 is 19.1 Å². The van der Waals surface area contributed by atoms with Crippen LogP contribution in [0, 0.1) is 0 Å². The molecule has 0 saturated heterocycles. The molecule has 0 aliphatic rings. The van der Waals surface area contributed by atoms with Crippen LogP contribution < -0.4 is 9.64 Å². The predicted octanol–water partition coefficient (Wildman–Crippen LogP) is 2.02. The largest absolute Gasteiger partial charge is 0.494 e. The molecule has 0 atom stereocenters. The molecule has 19 heavy (non-hydrogen) atoms. The summed E-state index contributed by atoms with van der Waals surface area (Å²) in [6.45, 7) is 1.48. The number of carbonyl (C=O) groups is 2. The SMILES string of the molecule is COC(=O)/C=C/N(C)c1cccc(C(C)=O)c1OC. The van der Waals surface area contributed by atoms with E-state index < -0.39 is 5.97 Å². The molecular weight excluding hydrogens is 246 g/mol. The number of nitrogens with zero attached hydrogens (tertiary/aromatic N) is 1. The Morgan fingerprint density at radius 1 is 1.26 bits per heavy atom. The summed E-state index contributed by atoms with van der Waals surface area (Å²) < 4.78 is 9.80. The van der Waals surface area contributed by atoms with Crippen molar-refractivity contribution in [1.29, 1.82) is 0 Å². The van der Waals surface area contributed by atoms with Crippen LogP contribution in [0.25, 0.3) is 0 Å². The van der Waals surface area contributed by atoms with Crippen LogP contribution in [-0.2, 0) is 9.53 Å². The lowest BCUT2D eigenvalue weighted by Gasteiger charge is -2.19. The molecule has 0 amide bonds. The molecule has 0 radical (unpaired) electrons. The first-order valence-corrected chi connectivity index (χ1v) is 5.68. The highest BCUT2D eigenvalue weighted by Crippen LogP contribution is 2.31. The first-order chi connectivity index (χ1) is 9.01. The van der Waals surface area contributed by atoms with Crippen LogP contribution in [-0.4, -0.2) is 33.0 Å². The quantitative estimate of drug-likeness (QED) is 0.462. The molecule has 0 aliphatic carbocycles. The van der Waals surface area contributed by atoms with Crippen molar-refractivity contribution in [3.05, 3.63) is 36.0 Å². The van der Waals surface area contributed by atoms with E-state index in [4.69, 9.17) is 4.74 Å². The van der Waals surface area contributed by atoms with Gasteiger partial charge in [0.25, 0.3) is 0 Å². The predicted molar refractivity (Wildman–Crippen MR) is 72.6 cm³/mol. The molecule has 5 nitrogen and oxygen atoms in total. The van der Waals surface area contributed by atoms with Crippen LogP contribution in [0.15, 0.2) is 30.5 Å². The van der Waals surface area contributed by atoms with Gasteiger partial charge in [-0.3, -0.25) is 4.79 Å². The lowest BCUT2D eigenvalue weighted by molar-refractivity contribution is -0.134. The van der Waals surface area contributed by atoms with Crippen LogP contribution >= 0.6 is 0 Å². The monoisotopic (exact) mass is 263 g/mol. The molecule has 0 saturated carbocycles. The van der Waals surface area contributed by atoms with Crippen molar-refractivity contribution in [3.63, 3.8) is 0 Å². The molecular formula is C14H17NO4. The Bertz CT molecular complexity index is 508. The van der Waals surface area contributed by atoms with Crippen molar-refractivity contribution in [1.82, 2.24) is 0 Å². The van der Waals surface area contributed by atoms with Crippen LogP contribution in [0.5, 0.6) is 5.75 Å². The highest BCUT2D eigenvalue weighted by molar-refractivity contribution is 5.99. The average molecular weight is 263 g/mol. The van der Waals surface area contributed by atoms with Gasteiger partial charge in [-0.05, 0) is 19.1 Å². The highest BCUT2D eigenvalue weighted by atomic mass is 16.5. The van der Waals surface area contributed by atoms with Crippen molar-refractivity contribution in [2.24, 2.45) is 0 Å². The van der Waals surface area contributed by atoms with Gasteiger partial charge in [-0.1, -0.05) is 6.07 Å². The topological polar surface area (TPSA) is 55.8 Å². The van der Waals surface area contributed by atoms with Crippen molar-refractivity contribution in [2.75, 3.05) is 26.2 Å². The van der Waals surface area contributed by atoms with E-state index in [-0.39, 0.29) is 5.78 Å². The molecule has 5 heteroatoms. The van der Waals surface area contributed by atoms with E-state index in [1.165, 1.54) is 27.2 Å². The van der Waals surface area contributed by atoms with E-state index in [1.54, 1.807) is 36.3 Å². The molecule has 1 aromatic rings. The Balaban J connectivity index is 3.12. The van der Waals surface area contributed by atoms with Crippen molar-refractivity contribution in [3.8, 4) is 5.75 Å². The minimum atomic E-state index is -0.450. The zero-order valence-electron chi connectivity index (χ0n) is 11.5. The summed E-state index contributed by atoms with van der Waals surface area (Å²) in [6, 6.07) is 5.26. The van der Waals surface area contributed by atoms with Gasteiger partial charge in [0, 0.05) is 19.3 Å². The molecule has 1 aromatic carbocycles. The summed E-state index contributed by atoms with van der Waals surface area (Å²) in [4.78, 5) is 24.3. The molecule has 102 valence electrons. The molecule has 0 aliphatic heterocycles. The molecule has 0 spiro atoms. The number of Topliss-reactive ketones (excluding diaryl/α,β-unsaturated/α-hetero) is 1. The van der Waals surface area contributed by atoms with E-state index in [9.17, 15) is 9.59 Å². The first-order valence-electron chi connectivity index (χ1n) is 5.68. The molecule has 0 unspecified atom stereocenters. The van der Waals surface area contributed by atoms with E-state index in [2.05, 4.69) is 4.74 Å². The van der Waals surface area contributed by atoms with Gasteiger partial charge in [0.1, 0.15) is 0 Å². The number of carbonyl (C=O) groups excluding carboxylic acids is 2. The fourth-order valence-corrected chi connectivity index (χ4v) is 1.62. The number of ketones is 1. The Hall–Kier alpha value is -2.30. The lowest BCUT2D eigenvalue weighted by atomic mass is 10.1. The van der Waals surface area contributed by atoms with Crippen LogP contribution in [0.2, 0.25) is 0 Å². The molecule has 1 rings (SSSR count). The van der Waals surface area contributed by atoms with Gasteiger partial charge in [-0.25, -0.2) is 4.79 Å².